The Morgan fingerprint density at radius 1 is 1.08 bits per heavy atom. The Labute approximate surface area is 86.5 Å². The van der Waals surface area contributed by atoms with E-state index >= 15 is 0 Å². The molecule has 0 aromatic rings. The molecule has 74 valence electrons. The first-order valence-electron chi connectivity index (χ1n) is 4.91. The Morgan fingerprint density at radius 2 is 1.83 bits per heavy atom. The molecule has 0 amide bonds. The first-order valence-corrected chi connectivity index (χ1v) is 6.60. The van der Waals surface area contributed by atoms with Crippen molar-refractivity contribution < 1.29 is 0 Å². The fourth-order valence-corrected chi connectivity index (χ4v) is 2.34. The van der Waals surface area contributed by atoms with Crippen LogP contribution in [0.2, 0.25) is 0 Å². The van der Waals surface area contributed by atoms with Gasteiger partial charge < -0.3 is 0 Å². The third-order valence-corrected chi connectivity index (χ3v) is 3.13. The summed E-state index contributed by atoms with van der Waals surface area (Å²) in [6.45, 7) is 4.57. The highest BCUT2D eigenvalue weighted by Crippen LogP contribution is 2.11. The molecule has 0 aliphatic carbocycles. The van der Waals surface area contributed by atoms with E-state index in [1.807, 2.05) is 0 Å². The summed E-state index contributed by atoms with van der Waals surface area (Å²) in [6.07, 6.45) is 5.19. The smallest absolute Gasteiger partial charge is 0.0223 e. The van der Waals surface area contributed by atoms with Gasteiger partial charge in [-0.3, -0.25) is 0 Å². The second-order valence-electron chi connectivity index (χ2n) is 3.54. The standard InChI is InChI=1S/C10H21ClS/c1-10(2)6-9-12-8-5-3-4-7-11/h10H,3-9H2,1-2H3. The molecule has 12 heavy (non-hydrogen) atoms. The van der Waals surface area contributed by atoms with Gasteiger partial charge in [-0.05, 0) is 36.7 Å². The molecule has 0 radical (unpaired) electrons. The third kappa shape index (κ3) is 10.6. The molecule has 0 aromatic carbocycles. The summed E-state index contributed by atoms with van der Waals surface area (Å²) >= 11 is 7.67. The highest BCUT2D eigenvalue weighted by Gasteiger charge is 1.94. The van der Waals surface area contributed by atoms with Gasteiger partial charge in [-0.2, -0.15) is 11.8 Å². The zero-order valence-corrected chi connectivity index (χ0v) is 9.89. The lowest BCUT2D eigenvalue weighted by molar-refractivity contribution is 0.631. The molecule has 0 unspecified atom stereocenters. The minimum atomic E-state index is 0.830. The topological polar surface area (TPSA) is 0 Å². The number of hydrogen-bond donors (Lipinski definition) is 0. The lowest BCUT2D eigenvalue weighted by Crippen LogP contribution is -1.91. The van der Waals surface area contributed by atoms with Gasteiger partial charge in [-0.1, -0.05) is 20.3 Å². The van der Waals surface area contributed by atoms with E-state index < -0.39 is 0 Å². The largest absolute Gasteiger partial charge is 0.162 e. The van der Waals surface area contributed by atoms with Crippen LogP contribution in [0.25, 0.3) is 0 Å². The second kappa shape index (κ2) is 9.73. The summed E-state index contributed by atoms with van der Waals surface area (Å²) in [5.74, 6) is 4.35. The van der Waals surface area contributed by atoms with Crippen LogP contribution in [0.5, 0.6) is 0 Å². The first-order chi connectivity index (χ1) is 5.77. The molecular formula is C10H21ClS. The van der Waals surface area contributed by atoms with Crippen molar-refractivity contribution in [2.24, 2.45) is 5.92 Å². The lowest BCUT2D eigenvalue weighted by Gasteiger charge is -2.03. The van der Waals surface area contributed by atoms with E-state index in [-0.39, 0.29) is 0 Å². The molecule has 0 saturated heterocycles. The number of unbranched alkanes of at least 4 members (excludes halogenated alkanes) is 2. The Balaban J connectivity index is 2.82. The van der Waals surface area contributed by atoms with E-state index in [1.54, 1.807) is 0 Å². The SMILES string of the molecule is CC(C)CCSCCCCCCl. The van der Waals surface area contributed by atoms with Crippen molar-refractivity contribution in [3.05, 3.63) is 0 Å². The highest BCUT2D eigenvalue weighted by molar-refractivity contribution is 7.99. The van der Waals surface area contributed by atoms with Crippen molar-refractivity contribution in [3.8, 4) is 0 Å². The maximum Gasteiger partial charge on any atom is 0.0223 e. The van der Waals surface area contributed by atoms with Crippen LogP contribution in [0, 0.1) is 5.92 Å². The molecule has 0 spiro atoms. The van der Waals surface area contributed by atoms with E-state index in [2.05, 4.69) is 25.6 Å². The Morgan fingerprint density at radius 3 is 2.42 bits per heavy atom. The molecule has 0 fully saturated rings. The Bertz CT molecular complexity index is 83.9. The second-order valence-corrected chi connectivity index (χ2v) is 5.15. The van der Waals surface area contributed by atoms with Crippen molar-refractivity contribution in [1.82, 2.24) is 0 Å². The van der Waals surface area contributed by atoms with Gasteiger partial charge in [0.05, 0.1) is 0 Å². The van der Waals surface area contributed by atoms with Crippen LogP contribution in [0.3, 0.4) is 0 Å². The van der Waals surface area contributed by atoms with Crippen LogP contribution in [-0.4, -0.2) is 17.4 Å². The van der Waals surface area contributed by atoms with E-state index in [1.165, 1.54) is 37.2 Å². The van der Waals surface area contributed by atoms with Gasteiger partial charge in [0, 0.05) is 5.88 Å². The van der Waals surface area contributed by atoms with Gasteiger partial charge in [-0.25, -0.2) is 0 Å². The lowest BCUT2D eigenvalue weighted by atomic mass is 10.2. The molecule has 0 heterocycles. The maximum atomic E-state index is 5.58. The zero-order valence-electron chi connectivity index (χ0n) is 8.31. The van der Waals surface area contributed by atoms with Gasteiger partial charge in [-0.15, -0.1) is 11.6 Å². The van der Waals surface area contributed by atoms with Crippen molar-refractivity contribution in [2.75, 3.05) is 17.4 Å². The minimum absolute atomic E-state index is 0.830. The van der Waals surface area contributed by atoms with Gasteiger partial charge >= 0.3 is 0 Å². The fourth-order valence-electron chi connectivity index (χ4n) is 0.896. The summed E-state index contributed by atoms with van der Waals surface area (Å²) in [5, 5.41) is 0. The number of hydrogen-bond acceptors (Lipinski definition) is 1. The molecule has 0 N–H and O–H groups in total. The minimum Gasteiger partial charge on any atom is -0.162 e. The van der Waals surface area contributed by atoms with Crippen LogP contribution in [-0.2, 0) is 0 Å². The molecular weight excluding hydrogens is 188 g/mol. The van der Waals surface area contributed by atoms with Crippen molar-refractivity contribution in [2.45, 2.75) is 39.5 Å². The summed E-state index contributed by atoms with van der Waals surface area (Å²) in [6, 6.07) is 0. The van der Waals surface area contributed by atoms with Crippen LogP contribution < -0.4 is 0 Å². The number of rotatable bonds is 8. The van der Waals surface area contributed by atoms with Gasteiger partial charge in [0.2, 0.25) is 0 Å². The predicted molar refractivity (Wildman–Crippen MR) is 61.4 cm³/mol. The predicted octanol–water partition coefficient (Wildman–Crippen LogP) is 4.17. The number of thioether (sulfide) groups is 1. The quantitative estimate of drug-likeness (QED) is 0.426. The van der Waals surface area contributed by atoms with Crippen LogP contribution in [0.1, 0.15) is 39.5 Å². The summed E-state index contributed by atoms with van der Waals surface area (Å²) in [7, 11) is 0. The maximum absolute atomic E-state index is 5.58. The average Bonchev–Trinajstić information content (AvgIpc) is 2.02. The van der Waals surface area contributed by atoms with Crippen LogP contribution in [0.15, 0.2) is 0 Å². The van der Waals surface area contributed by atoms with Gasteiger partial charge in [0.15, 0.2) is 0 Å². The van der Waals surface area contributed by atoms with Gasteiger partial charge in [0.25, 0.3) is 0 Å². The van der Waals surface area contributed by atoms with Crippen LogP contribution in [0.4, 0.5) is 0 Å². The van der Waals surface area contributed by atoms with Crippen LogP contribution >= 0.6 is 23.4 Å². The molecule has 2 heteroatoms. The zero-order chi connectivity index (χ0) is 9.23. The first kappa shape index (κ1) is 12.6. The van der Waals surface area contributed by atoms with E-state index in [0.717, 1.165) is 11.8 Å². The molecule has 0 saturated carbocycles. The normalized spacial score (nSPS) is 11.0. The number of halogens is 1. The average molecular weight is 209 g/mol. The summed E-state index contributed by atoms with van der Waals surface area (Å²) < 4.78 is 0. The molecule has 0 atom stereocenters. The van der Waals surface area contributed by atoms with Crippen molar-refractivity contribution >= 4 is 23.4 Å². The van der Waals surface area contributed by atoms with E-state index in [4.69, 9.17) is 11.6 Å². The molecule has 0 rings (SSSR count). The Hall–Kier alpha value is 0.640. The van der Waals surface area contributed by atoms with Crippen molar-refractivity contribution in [1.29, 1.82) is 0 Å². The molecule has 0 aliphatic heterocycles. The van der Waals surface area contributed by atoms with Gasteiger partial charge in [0.1, 0.15) is 0 Å². The summed E-state index contributed by atoms with van der Waals surface area (Å²) in [4.78, 5) is 0. The van der Waals surface area contributed by atoms with Crippen molar-refractivity contribution in [3.63, 3.8) is 0 Å². The summed E-state index contributed by atoms with van der Waals surface area (Å²) in [5.41, 5.74) is 0. The monoisotopic (exact) mass is 208 g/mol. The molecule has 0 aromatic heterocycles. The number of alkyl halides is 1. The third-order valence-electron chi connectivity index (χ3n) is 1.76. The molecule has 0 nitrogen and oxygen atoms in total. The molecule has 0 aliphatic rings. The van der Waals surface area contributed by atoms with E-state index in [0.29, 0.717) is 0 Å². The fraction of sp³-hybridized carbons (Fsp3) is 1.00. The highest BCUT2D eigenvalue weighted by atomic mass is 35.5. The van der Waals surface area contributed by atoms with E-state index in [9.17, 15) is 0 Å². The molecule has 0 bridgehead atoms. The Kier molecular flexibility index (Phi) is 10.2.